The van der Waals surface area contributed by atoms with Gasteiger partial charge in [-0.3, -0.25) is 0 Å². The van der Waals surface area contributed by atoms with Crippen molar-refractivity contribution in [1.29, 1.82) is 0 Å². The molecule has 1 saturated heterocycles. The van der Waals surface area contributed by atoms with Gasteiger partial charge in [-0.05, 0) is 55.2 Å². The third kappa shape index (κ3) is 4.86. The largest absolute Gasteiger partial charge is 0.507 e. The number of halogens is 1. The van der Waals surface area contributed by atoms with Gasteiger partial charge in [-0.1, -0.05) is 41.9 Å². The first-order valence-corrected chi connectivity index (χ1v) is 10.6. The number of piperidine rings is 1. The van der Waals surface area contributed by atoms with E-state index in [9.17, 15) is 5.11 Å². The minimum atomic E-state index is 0.216. The summed E-state index contributed by atoms with van der Waals surface area (Å²) >= 11 is 6.25. The summed E-state index contributed by atoms with van der Waals surface area (Å²) < 4.78 is 1.92. The standard InChI is InChI=1S/C23H25ClN4O/c24-20-10-4-2-8-18(20)12-13-22-25-23(19-9-3-5-11-21(19)29)28(26-22)17-16-27-14-6-1-7-15-27/h2-5,8-13,29H,1,6-7,14-17H2/p+1/b13-12+. The maximum absolute atomic E-state index is 10.3. The van der Waals surface area contributed by atoms with E-state index < -0.39 is 0 Å². The van der Waals surface area contributed by atoms with E-state index in [1.165, 1.54) is 32.4 Å². The van der Waals surface area contributed by atoms with Gasteiger partial charge in [0, 0.05) is 5.02 Å². The summed E-state index contributed by atoms with van der Waals surface area (Å²) in [6.45, 7) is 4.23. The van der Waals surface area contributed by atoms with Gasteiger partial charge in [0.25, 0.3) is 0 Å². The van der Waals surface area contributed by atoms with E-state index in [0.29, 0.717) is 22.2 Å². The van der Waals surface area contributed by atoms with Crippen LogP contribution >= 0.6 is 11.6 Å². The second-order valence-electron chi connectivity index (χ2n) is 7.45. The summed E-state index contributed by atoms with van der Waals surface area (Å²) in [6.07, 6.45) is 7.73. The second-order valence-corrected chi connectivity index (χ2v) is 7.86. The van der Waals surface area contributed by atoms with Gasteiger partial charge in [0.1, 0.15) is 5.75 Å². The van der Waals surface area contributed by atoms with Crippen molar-refractivity contribution < 1.29 is 10.0 Å². The van der Waals surface area contributed by atoms with Gasteiger partial charge in [-0.15, -0.1) is 0 Å². The quantitative estimate of drug-likeness (QED) is 0.654. The summed E-state index contributed by atoms with van der Waals surface area (Å²) in [5.74, 6) is 1.52. The summed E-state index contributed by atoms with van der Waals surface area (Å²) in [7, 11) is 0. The van der Waals surface area contributed by atoms with Crippen LogP contribution in [-0.2, 0) is 6.54 Å². The maximum Gasteiger partial charge on any atom is 0.174 e. The molecule has 6 heteroatoms. The highest BCUT2D eigenvalue weighted by molar-refractivity contribution is 6.32. The number of hydrogen-bond acceptors (Lipinski definition) is 3. The average Bonchev–Trinajstić information content (AvgIpc) is 3.15. The van der Waals surface area contributed by atoms with Gasteiger partial charge < -0.3 is 10.0 Å². The molecule has 3 aromatic rings. The van der Waals surface area contributed by atoms with Crippen LogP contribution in [0.15, 0.2) is 48.5 Å². The fourth-order valence-corrected chi connectivity index (χ4v) is 3.99. The number of rotatable bonds is 6. The molecule has 0 saturated carbocycles. The Morgan fingerprint density at radius 1 is 1.00 bits per heavy atom. The molecule has 4 rings (SSSR count). The highest BCUT2D eigenvalue weighted by Gasteiger charge is 2.17. The summed E-state index contributed by atoms with van der Waals surface area (Å²) in [5, 5.41) is 15.7. The van der Waals surface area contributed by atoms with Crippen LogP contribution in [0.1, 0.15) is 30.7 Å². The number of phenols is 1. The van der Waals surface area contributed by atoms with Crippen LogP contribution < -0.4 is 4.90 Å². The van der Waals surface area contributed by atoms with Gasteiger partial charge in [0.2, 0.25) is 0 Å². The first-order chi connectivity index (χ1) is 14.2. The van der Waals surface area contributed by atoms with Crippen molar-refractivity contribution in [1.82, 2.24) is 14.8 Å². The Morgan fingerprint density at radius 3 is 2.55 bits per heavy atom. The number of quaternary nitrogens is 1. The Labute approximate surface area is 176 Å². The molecule has 150 valence electrons. The number of likely N-dealkylation sites (tertiary alicyclic amines) is 1. The van der Waals surface area contributed by atoms with Crippen molar-refractivity contribution in [2.24, 2.45) is 0 Å². The fourth-order valence-electron chi connectivity index (χ4n) is 3.79. The Hall–Kier alpha value is -2.63. The predicted octanol–water partition coefficient (Wildman–Crippen LogP) is 3.54. The second kappa shape index (κ2) is 9.25. The lowest BCUT2D eigenvalue weighted by molar-refractivity contribution is -0.905. The number of aromatic hydroxyl groups is 1. The molecule has 2 N–H and O–H groups in total. The van der Waals surface area contributed by atoms with Gasteiger partial charge in [-0.2, -0.15) is 5.10 Å². The Kier molecular flexibility index (Phi) is 6.27. The monoisotopic (exact) mass is 409 g/mol. The van der Waals surface area contributed by atoms with Crippen molar-refractivity contribution in [2.75, 3.05) is 19.6 Å². The Balaban J connectivity index is 1.61. The van der Waals surface area contributed by atoms with Gasteiger partial charge >= 0.3 is 0 Å². The molecule has 0 amide bonds. The molecular formula is C23H26ClN4O+. The van der Waals surface area contributed by atoms with E-state index in [-0.39, 0.29) is 5.75 Å². The molecule has 1 aliphatic rings. The van der Waals surface area contributed by atoms with Crippen LogP contribution in [0.4, 0.5) is 0 Å². The van der Waals surface area contributed by atoms with Crippen molar-refractivity contribution >= 4 is 23.8 Å². The fraction of sp³-hybridized carbons (Fsp3) is 0.304. The Morgan fingerprint density at radius 2 is 1.76 bits per heavy atom. The molecule has 0 aliphatic carbocycles. The Bertz CT molecular complexity index is 992. The van der Waals surface area contributed by atoms with E-state index in [2.05, 4.69) is 0 Å². The van der Waals surface area contributed by atoms with E-state index in [4.69, 9.17) is 21.7 Å². The van der Waals surface area contributed by atoms with E-state index >= 15 is 0 Å². The van der Waals surface area contributed by atoms with Gasteiger partial charge in [-0.25, -0.2) is 9.67 Å². The highest BCUT2D eigenvalue weighted by Crippen LogP contribution is 2.27. The summed E-state index contributed by atoms with van der Waals surface area (Å²) in [6, 6.07) is 15.0. The lowest BCUT2D eigenvalue weighted by Crippen LogP contribution is -3.13. The normalized spacial score (nSPS) is 15.2. The zero-order valence-electron chi connectivity index (χ0n) is 16.4. The molecule has 2 heterocycles. The molecule has 1 fully saturated rings. The SMILES string of the molecule is Oc1ccccc1-c1nc(/C=C/c2ccccc2Cl)nn1CC[NH+]1CCCCC1. The van der Waals surface area contributed by atoms with Crippen LogP contribution in [0.3, 0.4) is 0 Å². The topological polar surface area (TPSA) is 55.4 Å². The highest BCUT2D eigenvalue weighted by atomic mass is 35.5. The van der Waals surface area contributed by atoms with Crippen LogP contribution in [0, 0.1) is 0 Å². The first kappa shape index (κ1) is 19.7. The zero-order valence-corrected chi connectivity index (χ0v) is 17.1. The third-order valence-corrected chi connectivity index (χ3v) is 5.73. The lowest BCUT2D eigenvalue weighted by Gasteiger charge is -2.23. The molecule has 29 heavy (non-hydrogen) atoms. The maximum atomic E-state index is 10.3. The zero-order chi connectivity index (χ0) is 20.1. The van der Waals surface area contributed by atoms with Crippen LogP contribution in [0.2, 0.25) is 5.02 Å². The molecule has 1 aromatic heterocycles. The molecule has 5 nitrogen and oxygen atoms in total. The van der Waals surface area contributed by atoms with Crippen molar-refractivity contribution in [3.05, 3.63) is 64.9 Å². The molecule has 2 aromatic carbocycles. The van der Waals surface area contributed by atoms with Crippen molar-refractivity contribution in [3.8, 4) is 17.1 Å². The van der Waals surface area contributed by atoms with Crippen molar-refractivity contribution in [3.63, 3.8) is 0 Å². The number of para-hydroxylation sites is 1. The van der Waals surface area contributed by atoms with Crippen LogP contribution in [0.25, 0.3) is 23.5 Å². The van der Waals surface area contributed by atoms with Gasteiger partial charge in [0.05, 0.1) is 31.7 Å². The number of phenolic OH excluding ortho intramolecular Hbond substituents is 1. The number of benzene rings is 2. The molecule has 0 unspecified atom stereocenters. The number of hydrogen-bond donors (Lipinski definition) is 2. The number of nitrogens with one attached hydrogen (secondary N) is 1. The van der Waals surface area contributed by atoms with E-state index in [1.54, 1.807) is 11.0 Å². The molecule has 0 radical (unpaired) electrons. The number of nitrogens with zero attached hydrogens (tertiary/aromatic N) is 3. The molecule has 1 aliphatic heterocycles. The average molecular weight is 410 g/mol. The summed E-state index contributed by atoms with van der Waals surface area (Å²) in [5.41, 5.74) is 1.62. The number of aromatic nitrogens is 3. The third-order valence-electron chi connectivity index (χ3n) is 5.39. The van der Waals surface area contributed by atoms with E-state index in [1.807, 2.05) is 59.3 Å². The first-order valence-electron chi connectivity index (χ1n) is 10.2. The lowest BCUT2D eigenvalue weighted by atomic mass is 10.1. The van der Waals surface area contributed by atoms with Crippen molar-refractivity contribution in [2.45, 2.75) is 25.8 Å². The minimum Gasteiger partial charge on any atom is -0.507 e. The summed E-state index contributed by atoms with van der Waals surface area (Å²) in [4.78, 5) is 6.32. The molecule has 0 bridgehead atoms. The molecule has 0 spiro atoms. The molecule has 0 atom stereocenters. The smallest absolute Gasteiger partial charge is 0.174 e. The van der Waals surface area contributed by atoms with E-state index in [0.717, 1.165) is 18.7 Å². The molecular weight excluding hydrogens is 384 g/mol. The van der Waals surface area contributed by atoms with Crippen LogP contribution in [-0.4, -0.2) is 39.5 Å². The van der Waals surface area contributed by atoms with Gasteiger partial charge in [0.15, 0.2) is 11.6 Å². The predicted molar refractivity (Wildman–Crippen MR) is 117 cm³/mol. The van der Waals surface area contributed by atoms with Crippen LogP contribution in [0.5, 0.6) is 5.75 Å². The minimum absolute atomic E-state index is 0.216.